The average molecular weight is 520 g/mol. The number of carbonyl (C=O) groups is 1. The molecule has 0 aliphatic rings. The molecule has 0 radical (unpaired) electrons. The Bertz CT molecular complexity index is 1130. The number of hydrogen-bond donors (Lipinski definition) is 1. The van der Waals surface area contributed by atoms with Crippen LogP contribution in [0.2, 0.25) is 0 Å². The van der Waals surface area contributed by atoms with Gasteiger partial charge in [-0.15, -0.1) is 0 Å². The number of benzene rings is 2. The normalized spacial score (nSPS) is 10.8. The molecule has 1 amide bonds. The number of nitrogens with one attached hydrogen (secondary N) is 1. The molecule has 0 unspecified atom stereocenters. The van der Waals surface area contributed by atoms with Crippen LogP contribution in [0.25, 0.3) is 22.6 Å². The van der Waals surface area contributed by atoms with Crippen LogP contribution in [-0.4, -0.2) is 15.9 Å². The summed E-state index contributed by atoms with van der Waals surface area (Å²) in [6.07, 6.45) is 3.15. The molecule has 0 saturated carbocycles. The van der Waals surface area contributed by atoms with Gasteiger partial charge in [0.1, 0.15) is 5.52 Å². The minimum absolute atomic E-state index is 0.237. The zero-order valence-electron chi connectivity index (χ0n) is 13.2. The van der Waals surface area contributed by atoms with Crippen molar-refractivity contribution in [2.45, 2.75) is 0 Å². The summed E-state index contributed by atoms with van der Waals surface area (Å²) in [6.45, 7) is 0. The molecule has 0 atom stereocenters. The first-order chi connectivity index (χ1) is 12.6. The van der Waals surface area contributed by atoms with Crippen molar-refractivity contribution in [2.75, 3.05) is 5.32 Å². The number of amides is 1. The maximum atomic E-state index is 12.3. The first-order valence-corrected chi connectivity index (χ1v) is 9.54. The molecule has 2 aromatic heterocycles. The van der Waals surface area contributed by atoms with E-state index in [1.54, 1.807) is 30.5 Å². The Hall–Kier alpha value is -2.26. The highest BCUT2D eigenvalue weighted by Gasteiger charge is 2.11. The zero-order chi connectivity index (χ0) is 18.1. The second-order valence-electron chi connectivity index (χ2n) is 5.56. The lowest BCUT2D eigenvalue weighted by molar-refractivity contribution is 0.102. The fourth-order valence-electron chi connectivity index (χ4n) is 2.49. The van der Waals surface area contributed by atoms with Crippen molar-refractivity contribution >= 4 is 61.2 Å². The van der Waals surface area contributed by atoms with E-state index >= 15 is 0 Å². The van der Waals surface area contributed by atoms with Crippen LogP contribution in [0, 0.1) is 3.57 Å². The highest BCUT2D eigenvalue weighted by Crippen LogP contribution is 2.27. The minimum Gasteiger partial charge on any atom is -0.436 e. The summed E-state index contributed by atoms with van der Waals surface area (Å²) in [4.78, 5) is 20.9. The molecule has 0 spiro atoms. The molecule has 0 fully saturated rings. The van der Waals surface area contributed by atoms with Crippen molar-refractivity contribution in [1.82, 2.24) is 9.97 Å². The van der Waals surface area contributed by atoms with Gasteiger partial charge in [-0.2, -0.15) is 0 Å². The Morgan fingerprint density at radius 2 is 2.00 bits per heavy atom. The molecule has 2 aromatic carbocycles. The van der Waals surface area contributed by atoms with Gasteiger partial charge in [-0.3, -0.25) is 9.78 Å². The third-order valence-electron chi connectivity index (χ3n) is 3.68. The molecule has 7 heteroatoms. The maximum absolute atomic E-state index is 12.3. The van der Waals surface area contributed by atoms with Crippen LogP contribution in [0.5, 0.6) is 0 Å². The van der Waals surface area contributed by atoms with Crippen molar-refractivity contribution in [3.63, 3.8) is 0 Å². The summed E-state index contributed by atoms with van der Waals surface area (Å²) < 4.78 is 7.68. The Morgan fingerprint density at radius 3 is 2.81 bits per heavy atom. The summed E-state index contributed by atoms with van der Waals surface area (Å²) in [7, 11) is 0. The van der Waals surface area contributed by atoms with E-state index in [1.165, 1.54) is 6.20 Å². The Balaban J connectivity index is 1.62. The summed E-state index contributed by atoms with van der Waals surface area (Å²) >= 11 is 5.56. The molecule has 26 heavy (non-hydrogen) atoms. The van der Waals surface area contributed by atoms with Gasteiger partial charge in [0.2, 0.25) is 5.89 Å². The number of rotatable bonds is 3. The van der Waals surface area contributed by atoms with Gasteiger partial charge in [0.25, 0.3) is 5.91 Å². The van der Waals surface area contributed by atoms with Crippen LogP contribution < -0.4 is 5.32 Å². The highest BCUT2D eigenvalue weighted by molar-refractivity contribution is 14.1. The van der Waals surface area contributed by atoms with Gasteiger partial charge in [-0.1, -0.05) is 6.07 Å². The predicted octanol–water partition coefficient (Wildman–Crippen LogP) is 5.51. The van der Waals surface area contributed by atoms with Crippen LogP contribution >= 0.6 is 38.5 Å². The van der Waals surface area contributed by atoms with Gasteiger partial charge in [-0.25, -0.2) is 4.98 Å². The highest BCUT2D eigenvalue weighted by atomic mass is 127. The molecule has 4 aromatic rings. The Morgan fingerprint density at radius 1 is 1.12 bits per heavy atom. The molecule has 128 valence electrons. The zero-order valence-corrected chi connectivity index (χ0v) is 17.0. The van der Waals surface area contributed by atoms with E-state index in [9.17, 15) is 4.79 Å². The number of aromatic nitrogens is 2. The summed E-state index contributed by atoms with van der Waals surface area (Å²) in [5.41, 5.74) is 3.38. The first-order valence-electron chi connectivity index (χ1n) is 7.67. The van der Waals surface area contributed by atoms with E-state index in [2.05, 4.69) is 53.8 Å². The van der Waals surface area contributed by atoms with E-state index < -0.39 is 0 Å². The van der Waals surface area contributed by atoms with E-state index in [4.69, 9.17) is 4.42 Å². The number of hydrogen-bond acceptors (Lipinski definition) is 4. The van der Waals surface area contributed by atoms with Crippen LogP contribution in [0.1, 0.15) is 10.4 Å². The van der Waals surface area contributed by atoms with Crippen molar-refractivity contribution in [1.29, 1.82) is 0 Å². The average Bonchev–Trinajstić information content (AvgIpc) is 3.05. The van der Waals surface area contributed by atoms with E-state index in [0.717, 1.165) is 13.6 Å². The number of nitrogens with zero attached hydrogens (tertiary/aromatic N) is 2. The molecule has 1 N–H and O–H groups in total. The predicted molar refractivity (Wildman–Crippen MR) is 112 cm³/mol. The smallest absolute Gasteiger partial charge is 0.257 e. The Labute approximate surface area is 171 Å². The largest absolute Gasteiger partial charge is 0.436 e. The lowest BCUT2D eigenvalue weighted by Crippen LogP contribution is -2.12. The lowest BCUT2D eigenvalue weighted by atomic mass is 10.2. The molecule has 0 bridgehead atoms. The van der Waals surface area contributed by atoms with Crippen molar-refractivity contribution in [3.8, 4) is 11.5 Å². The fourth-order valence-corrected chi connectivity index (χ4v) is 3.40. The summed E-state index contributed by atoms with van der Waals surface area (Å²) in [5.74, 6) is 0.317. The second kappa shape index (κ2) is 7.16. The summed E-state index contributed by atoms with van der Waals surface area (Å²) in [6, 6.07) is 15.0. The number of anilines is 1. The number of oxazole rings is 1. The van der Waals surface area contributed by atoms with E-state index in [-0.39, 0.29) is 5.91 Å². The topological polar surface area (TPSA) is 68.0 Å². The van der Waals surface area contributed by atoms with Gasteiger partial charge in [0.05, 0.1) is 5.56 Å². The van der Waals surface area contributed by atoms with Crippen molar-refractivity contribution < 1.29 is 9.21 Å². The van der Waals surface area contributed by atoms with E-state index in [0.29, 0.717) is 28.2 Å². The second-order valence-corrected chi connectivity index (χ2v) is 7.72. The molecule has 4 rings (SSSR count). The van der Waals surface area contributed by atoms with Crippen molar-refractivity contribution in [2.24, 2.45) is 0 Å². The third kappa shape index (κ3) is 3.63. The quantitative estimate of drug-likeness (QED) is 0.362. The molecule has 0 saturated heterocycles. The van der Waals surface area contributed by atoms with E-state index in [1.807, 2.05) is 24.3 Å². The van der Waals surface area contributed by atoms with Crippen LogP contribution in [0.3, 0.4) is 0 Å². The van der Waals surface area contributed by atoms with Crippen LogP contribution in [-0.2, 0) is 0 Å². The maximum Gasteiger partial charge on any atom is 0.257 e. The monoisotopic (exact) mass is 519 g/mol. The van der Waals surface area contributed by atoms with Gasteiger partial charge in [-0.05, 0) is 81.0 Å². The van der Waals surface area contributed by atoms with Gasteiger partial charge >= 0.3 is 0 Å². The molecule has 5 nitrogen and oxygen atoms in total. The standard InChI is InChI=1S/C19H11BrIN3O2/c20-13-6-12(9-22-10-13)18(25)23-15-4-5-17-16(8-15)24-19(26-17)11-2-1-3-14(21)7-11/h1-10H,(H,23,25). The number of fused-ring (bicyclic) bond motifs is 1. The SMILES string of the molecule is O=C(Nc1ccc2oc(-c3cccc(I)c3)nc2c1)c1cncc(Br)c1. The fraction of sp³-hybridized carbons (Fsp3) is 0. The van der Waals surface area contributed by atoms with Crippen LogP contribution in [0.4, 0.5) is 5.69 Å². The van der Waals surface area contributed by atoms with Gasteiger partial charge in [0.15, 0.2) is 5.58 Å². The number of halogens is 2. The minimum atomic E-state index is -0.237. The van der Waals surface area contributed by atoms with Gasteiger partial charge in [0, 0.05) is 31.7 Å². The first kappa shape index (κ1) is 17.2. The number of pyridine rings is 1. The molecule has 0 aliphatic heterocycles. The molecule has 0 aliphatic carbocycles. The third-order valence-corrected chi connectivity index (χ3v) is 4.79. The molecular weight excluding hydrogens is 509 g/mol. The van der Waals surface area contributed by atoms with Crippen LogP contribution in [0.15, 0.2) is 69.8 Å². The molecular formula is C19H11BrIN3O2. The number of carbonyl (C=O) groups excluding carboxylic acids is 1. The summed E-state index contributed by atoms with van der Waals surface area (Å²) in [5, 5.41) is 2.85. The van der Waals surface area contributed by atoms with Gasteiger partial charge < -0.3 is 9.73 Å². The molecule has 2 heterocycles. The van der Waals surface area contributed by atoms with Crippen molar-refractivity contribution in [3.05, 3.63) is 74.5 Å². The lowest BCUT2D eigenvalue weighted by Gasteiger charge is -2.04. The Kier molecular flexibility index (Phi) is 4.73.